The van der Waals surface area contributed by atoms with Gasteiger partial charge in [-0.05, 0) is 66.1 Å². The molecule has 1 aliphatic rings. The van der Waals surface area contributed by atoms with Crippen LogP contribution < -0.4 is 0 Å². The number of halogens is 1. The van der Waals surface area contributed by atoms with E-state index in [0.29, 0.717) is 6.54 Å². The zero-order valence-corrected chi connectivity index (χ0v) is 20.3. The molecule has 0 radical (unpaired) electrons. The number of rotatable bonds is 7. The first-order valence-electron chi connectivity index (χ1n) is 11.6. The van der Waals surface area contributed by atoms with Crippen LogP contribution in [0.3, 0.4) is 0 Å². The van der Waals surface area contributed by atoms with Gasteiger partial charge in [-0.25, -0.2) is 4.39 Å². The Bertz CT molecular complexity index is 1160. The van der Waals surface area contributed by atoms with Crippen molar-refractivity contribution in [3.8, 4) is 0 Å². The predicted molar refractivity (Wildman–Crippen MR) is 135 cm³/mol. The summed E-state index contributed by atoms with van der Waals surface area (Å²) in [5.74, 6) is -0.590. The molecule has 1 aliphatic heterocycles. The topological polar surface area (TPSA) is 40.6 Å². The van der Waals surface area contributed by atoms with Gasteiger partial charge in [-0.3, -0.25) is 9.59 Å². The SMILES string of the molecule is CCC(C)N(CC(=O)N1CCc2sccc2C1c1ccc(F)cc1)C(=O)C=Cc1ccccc1. The van der Waals surface area contributed by atoms with Crippen molar-refractivity contribution in [3.05, 3.63) is 99.5 Å². The van der Waals surface area contributed by atoms with Gasteiger partial charge in [0.1, 0.15) is 12.4 Å². The van der Waals surface area contributed by atoms with Crippen molar-refractivity contribution in [2.24, 2.45) is 0 Å². The van der Waals surface area contributed by atoms with E-state index in [1.807, 2.05) is 60.5 Å². The molecule has 176 valence electrons. The van der Waals surface area contributed by atoms with Gasteiger partial charge in [0.15, 0.2) is 0 Å². The number of fused-ring (bicyclic) bond motifs is 1. The average molecular weight is 477 g/mol. The summed E-state index contributed by atoms with van der Waals surface area (Å²) in [6.07, 6.45) is 4.84. The second-order valence-corrected chi connectivity index (χ2v) is 9.56. The van der Waals surface area contributed by atoms with Gasteiger partial charge in [0, 0.05) is 23.5 Å². The lowest BCUT2D eigenvalue weighted by Gasteiger charge is -2.38. The first-order chi connectivity index (χ1) is 16.5. The highest BCUT2D eigenvalue weighted by molar-refractivity contribution is 7.10. The molecule has 0 bridgehead atoms. The number of benzene rings is 2. The Labute approximate surface area is 204 Å². The lowest BCUT2D eigenvalue weighted by Crippen LogP contribution is -2.48. The van der Waals surface area contributed by atoms with Gasteiger partial charge in [-0.15, -0.1) is 11.3 Å². The van der Waals surface area contributed by atoms with Crippen LogP contribution in [0, 0.1) is 5.82 Å². The minimum absolute atomic E-state index is 0.00410. The van der Waals surface area contributed by atoms with Gasteiger partial charge in [-0.2, -0.15) is 0 Å². The van der Waals surface area contributed by atoms with Crippen LogP contribution in [0.5, 0.6) is 0 Å². The maximum atomic E-state index is 13.6. The van der Waals surface area contributed by atoms with E-state index in [2.05, 4.69) is 0 Å². The second-order valence-electron chi connectivity index (χ2n) is 8.56. The summed E-state index contributed by atoms with van der Waals surface area (Å²) >= 11 is 1.69. The van der Waals surface area contributed by atoms with Crippen LogP contribution in [-0.2, 0) is 16.0 Å². The van der Waals surface area contributed by atoms with Crippen LogP contribution in [-0.4, -0.2) is 40.7 Å². The van der Waals surface area contributed by atoms with Crippen molar-refractivity contribution in [2.45, 2.75) is 38.8 Å². The summed E-state index contributed by atoms with van der Waals surface area (Å²) in [6, 6.07) is 17.7. The van der Waals surface area contributed by atoms with Gasteiger partial charge in [0.25, 0.3) is 0 Å². The summed E-state index contributed by atoms with van der Waals surface area (Å²) in [4.78, 5) is 31.5. The largest absolute Gasteiger partial charge is 0.330 e. The molecule has 6 heteroatoms. The molecule has 2 heterocycles. The zero-order chi connectivity index (χ0) is 24.1. The zero-order valence-electron chi connectivity index (χ0n) is 19.5. The van der Waals surface area contributed by atoms with Gasteiger partial charge in [-0.1, -0.05) is 49.4 Å². The van der Waals surface area contributed by atoms with E-state index in [1.54, 1.807) is 40.5 Å². The molecular weight excluding hydrogens is 447 g/mol. The first kappa shape index (κ1) is 23.9. The third-order valence-corrected chi connectivity index (χ3v) is 7.40. The number of amides is 2. The number of nitrogens with zero attached hydrogens (tertiary/aromatic N) is 2. The quantitative estimate of drug-likeness (QED) is 0.410. The van der Waals surface area contributed by atoms with Crippen molar-refractivity contribution in [1.82, 2.24) is 9.80 Å². The lowest BCUT2D eigenvalue weighted by atomic mass is 9.93. The van der Waals surface area contributed by atoms with E-state index < -0.39 is 0 Å². The highest BCUT2D eigenvalue weighted by Crippen LogP contribution is 2.38. The molecule has 0 saturated heterocycles. The van der Waals surface area contributed by atoms with Crippen LogP contribution in [0.2, 0.25) is 0 Å². The van der Waals surface area contributed by atoms with E-state index in [1.165, 1.54) is 17.0 Å². The summed E-state index contributed by atoms with van der Waals surface area (Å²) in [5.41, 5.74) is 2.89. The molecular formula is C28H29FN2O2S. The van der Waals surface area contributed by atoms with Crippen LogP contribution in [0.25, 0.3) is 6.08 Å². The number of hydrogen-bond acceptors (Lipinski definition) is 3. The highest BCUT2D eigenvalue weighted by Gasteiger charge is 2.34. The molecule has 34 heavy (non-hydrogen) atoms. The first-order valence-corrected chi connectivity index (χ1v) is 12.5. The Morgan fingerprint density at radius 3 is 2.59 bits per heavy atom. The van der Waals surface area contributed by atoms with Crippen molar-refractivity contribution in [1.29, 1.82) is 0 Å². The molecule has 2 aromatic carbocycles. The van der Waals surface area contributed by atoms with Crippen LogP contribution in [0.15, 0.2) is 72.1 Å². The van der Waals surface area contributed by atoms with Crippen LogP contribution >= 0.6 is 11.3 Å². The van der Waals surface area contributed by atoms with Gasteiger partial charge < -0.3 is 9.80 Å². The highest BCUT2D eigenvalue weighted by atomic mass is 32.1. The predicted octanol–water partition coefficient (Wildman–Crippen LogP) is 5.70. The molecule has 1 aromatic heterocycles. The maximum Gasteiger partial charge on any atom is 0.247 e. The molecule has 2 unspecified atom stereocenters. The molecule has 4 nitrogen and oxygen atoms in total. The fourth-order valence-electron chi connectivity index (χ4n) is 4.32. The Morgan fingerprint density at radius 2 is 1.88 bits per heavy atom. The lowest BCUT2D eigenvalue weighted by molar-refractivity contribution is -0.141. The summed E-state index contributed by atoms with van der Waals surface area (Å²) in [6.45, 7) is 4.54. The van der Waals surface area contributed by atoms with Gasteiger partial charge >= 0.3 is 0 Å². The third kappa shape index (κ3) is 5.28. The fraction of sp³-hybridized carbons (Fsp3) is 0.286. The summed E-state index contributed by atoms with van der Waals surface area (Å²) in [7, 11) is 0. The minimum Gasteiger partial charge on any atom is -0.330 e. The Kier molecular flexibility index (Phi) is 7.58. The molecule has 0 saturated carbocycles. The molecule has 3 aromatic rings. The smallest absolute Gasteiger partial charge is 0.247 e. The van der Waals surface area contributed by atoms with E-state index in [4.69, 9.17) is 0 Å². The van der Waals surface area contributed by atoms with E-state index in [9.17, 15) is 14.0 Å². The summed E-state index contributed by atoms with van der Waals surface area (Å²) in [5, 5.41) is 2.04. The van der Waals surface area contributed by atoms with Crippen LogP contribution in [0.4, 0.5) is 4.39 Å². The summed E-state index contributed by atoms with van der Waals surface area (Å²) < 4.78 is 13.6. The second kappa shape index (κ2) is 10.8. The normalized spacial score (nSPS) is 16.3. The molecule has 2 atom stereocenters. The number of carbonyl (C=O) groups is 2. The fourth-order valence-corrected chi connectivity index (χ4v) is 5.23. The number of carbonyl (C=O) groups excluding carboxylic acids is 2. The molecule has 0 spiro atoms. The van der Waals surface area contributed by atoms with Gasteiger partial charge in [0.2, 0.25) is 11.8 Å². The standard InChI is InChI=1S/C28H29FN2O2S/c1-3-20(2)31(26(32)14-9-21-7-5-4-6-8-21)19-27(33)30-17-15-25-24(16-18-34-25)28(30)22-10-12-23(29)13-11-22/h4-14,16,18,20,28H,3,15,17,19H2,1-2H3. The van der Waals surface area contributed by atoms with Crippen molar-refractivity contribution in [3.63, 3.8) is 0 Å². The monoisotopic (exact) mass is 476 g/mol. The average Bonchev–Trinajstić information content (AvgIpc) is 3.35. The molecule has 0 fully saturated rings. The molecule has 0 N–H and O–H groups in total. The Hall–Kier alpha value is -3.25. The van der Waals surface area contributed by atoms with Crippen molar-refractivity contribution in [2.75, 3.05) is 13.1 Å². The molecule has 0 aliphatic carbocycles. The Balaban J connectivity index is 1.58. The van der Waals surface area contributed by atoms with E-state index in [-0.39, 0.29) is 36.3 Å². The minimum atomic E-state index is -0.304. The van der Waals surface area contributed by atoms with Crippen LogP contribution in [0.1, 0.15) is 47.9 Å². The van der Waals surface area contributed by atoms with Crippen molar-refractivity contribution >= 4 is 29.2 Å². The number of hydrogen-bond donors (Lipinski definition) is 0. The maximum absolute atomic E-state index is 13.6. The molecule has 4 rings (SSSR count). The number of thiophene rings is 1. The molecule has 2 amide bonds. The van der Waals surface area contributed by atoms with E-state index >= 15 is 0 Å². The Morgan fingerprint density at radius 1 is 1.15 bits per heavy atom. The van der Waals surface area contributed by atoms with Crippen molar-refractivity contribution < 1.29 is 14.0 Å². The van der Waals surface area contributed by atoms with E-state index in [0.717, 1.165) is 29.5 Å². The third-order valence-electron chi connectivity index (χ3n) is 6.40. The van der Waals surface area contributed by atoms with Gasteiger partial charge in [0.05, 0.1) is 6.04 Å².